The van der Waals surface area contributed by atoms with Gasteiger partial charge < -0.3 is 4.74 Å². The van der Waals surface area contributed by atoms with Gasteiger partial charge in [-0.05, 0) is 22.9 Å². The van der Waals surface area contributed by atoms with Crippen LogP contribution in [-0.4, -0.2) is 17.6 Å². The van der Waals surface area contributed by atoms with Gasteiger partial charge in [-0.1, -0.05) is 24.3 Å². The molecule has 0 aliphatic carbocycles. The number of methoxy groups -OCH3 is 1. The quantitative estimate of drug-likeness (QED) is 0.870. The number of ether oxygens (including phenoxy) is 1. The lowest BCUT2D eigenvalue weighted by Gasteiger charge is -2.10. The highest BCUT2D eigenvalue weighted by Gasteiger charge is 2.12. The molecular weight excluding hydrogens is 222 g/mol. The Labute approximate surface area is 95.0 Å². The molecule has 0 saturated carbocycles. The van der Waals surface area contributed by atoms with E-state index < -0.39 is 9.73 Å². The van der Waals surface area contributed by atoms with Crippen molar-refractivity contribution in [2.24, 2.45) is 0 Å². The first-order chi connectivity index (χ1) is 7.52. The van der Waals surface area contributed by atoms with Crippen LogP contribution in [0, 0.1) is 4.78 Å². The summed E-state index contributed by atoms with van der Waals surface area (Å²) < 4.78 is 24.6. The maximum absolute atomic E-state index is 11.8. The molecule has 4 heteroatoms. The molecule has 0 aliphatic rings. The maximum Gasteiger partial charge on any atom is 0.136 e. The van der Waals surface area contributed by atoms with E-state index in [-0.39, 0.29) is 0 Å². The molecular formula is C12H13NO2S. The molecule has 3 nitrogen and oxygen atoms in total. The lowest BCUT2D eigenvalue weighted by molar-refractivity contribution is 0.404. The Hall–Kier alpha value is -1.55. The second kappa shape index (κ2) is 3.79. The molecule has 1 unspecified atom stereocenters. The summed E-state index contributed by atoms with van der Waals surface area (Å²) in [6, 6.07) is 11.3. The van der Waals surface area contributed by atoms with Crippen LogP contribution in [0.25, 0.3) is 10.8 Å². The van der Waals surface area contributed by atoms with E-state index in [9.17, 15) is 4.21 Å². The zero-order valence-corrected chi connectivity index (χ0v) is 10.0. The number of hydrogen-bond donors (Lipinski definition) is 1. The van der Waals surface area contributed by atoms with Crippen molar-refractivity contribution in [1.82, 2.24) is 0 Å². The Bertz CT molecular complexity index is 633. The summed E-state index contributed by atoms with van der Waals surface area (Å²) in [5.41, 5.74) is 0. The molecule has 0 heterocycles. The second-order valence-corrected chi connectivity index (χ2v) is 5.82. The minimum absolute atomic E-state index is 0.453. The summed E-state index contributed by atoms with van der Waals surface area (Å²) in [5.74, 6) is 0.515. The zero-order valence-electron chi connectivity index (χ0n) is 9.19. The fraction of sp³-hybridized carbons (Fsp3) is 0.167. The highest BCUT2D eigenvalue weighted by Crippen LogP contribution is 2.29. The van der Waals surface area contributed by atoms with Crippen molar-refractivity contribution in [3.05, 3.63) is 36.4 Å². The van der Waals surface area contributed by atoms with E-state index in [1.165, 1.54) is 13.4 Å². The lowest BCUT2D eigenvalue weighted by Crippen LogP contribution is -1.99. The van der Waals surface area contributed by atoms with Gasteiger partial charge >= 0.3 is 0 Å². The molecule has 0 aromatic heterocycles. The van der Waals surface area contributed by atoms with Crippen LogP contribution in [0.3, 0.4) is 0 Å². The predicted octanol–water partition coefficient (Wildman–Crippen LogP) is 2.88. The molecule has 2 aromatic carbocycles. The molecule has 0 saturated heterocycles. The Kier molecular flexibility index (Phi) is 2.59. The highest BCUT2D eigenvalue weighted by atomic mass is 32.2. The van der Waals surface area contributed by atoms with E-state index in [0.717, 1.165) is 10.8 Å². The third-order valence-electron chi connectivity index (χ3n) is 2.45. The third kappa shape index (κ3) is 1.88. The van der Waals surface area contributed by atoms with E-state index in [0.29, 0.717) is 10.6 Å². The zero-order chi connectivity index (χ0) is 11.8. The lowest BCUT2D eigenvalue weighted by atomic mass is 10.1. The van der Waals surface area contributed by atoms with Gasteiger partial charge in [0, 0.05) is 6.26 Å². The van der Waals surface area contributed by atoms with Gasteiger partial charge in [0.2, 0.25) is 0 Å². The van der Waals surface area contributed by atoms with E-state index >= 15 is 0 Å². The molecule has 0 aliphatic heterocycles. The van der Waals surface area contributed by atoms with Crippen molar-refractivity contribution in [3.63, 3.8) is 0 Å². The van der Waals surface area contributed by atoms with Crippen LogP contribution >= 0.6 is 0 Å². The fourth-order valence-corrected chi connectivity index (χ4v) is 2.54. The molecule has 16 heavy (non-hydrogen) atoms. The molecule has 0 fully saturated rings. The van der Waals surface area contributed by atoms with Gasteiger partial charge in [-0.2, -0.15) is 0 Å². The first-order valence-corrected chi connectivity index (χ1v) is 6.79. The maximum atomic E-state index is 11.8. The van der Waals surface area contributed by atoms with Crippen molar-refractivity contribution in [2.45, 2.75) is 4.90 Å². The summed E-state index contributed by atoms with van der Waals surface area (Å²) in [4.78, 5) is 0.453. The normalized spacial score (nSPS) is 14.6. The summed E-state index contributed by atoms with van der Waals surface area (Å²) in [6.45, 7) is 0. The Morgan fingerprint density at radius 3 is 2.25 bits per heavy atom. The third-order valence-corrected chi connectivity index (χ3v) is 3.61. The van der Waals surface area contributed by atoms with Gasteiger partial charge in [0.15, 0.2) is 0 Å². The van der Waals surface area contributed by atoms with Crippen LogP contribution < -0.4 is 4.74 Å². The second-order valence-electron chi connectivity index (χ2n) is 3.69. The first kappa shape index (κ1) is 11.0. The van der Waals surface area contributed by atoms with E-state index in [2.05, 4.69) is 0 Å². The molecule has 0 spiro atoms. The van der Waals surface area contributed by atoms with Gasteiger partial charge in [-0.25, -0.2) is 8.99 Å². The van der Waals surface area contributed by atoms with Crippen molar-refractivity contribution < 1.29 is 8.95 Å². The van der Waals surface area contributed by atoms with Crippen LogP contribution in [0.1, 0.15) is 0 Å². The van der Waals surface area contributed by atoms with Crippen molar-refractivity contribution in [2.75, 3.05) is 13.4 Å². The number of hydrogen-bond acceptors (Lipinski definition) is 3. The van der Waals surface area contributed by atoms with E-state index in [1.807, 2.05) is 30.3 Å². The van der Waals surface area contributed by atoms with Crippen LogP contribution in [0.4, 0.5) is 0 Å². The standard InChI is InChI=1S/C12H13NO2S/c1-15-11-7-9-5-3-4-6-10(9)8-12(11)16(2,13)14/h3-8,13H,1-2H3. The summed E-state index contributed by atoms with van der Waals surface area (Å²) in [7, 11) is -1.24. The minimum atomic E-state index is -2.76. The largest absolute Gasteiger partial charge is 0.495 e. The molecule has 0 radical (unpaired) electrons. The molecule has 84 valence electrons. The van der Waals surface area contributed by atoms with Gasteiger partial charge in [-0.3, -0.25) is 0 Å². The van der Waals surface area contributed by atoms with Gasteiger partial charge in [0.05, 0.1) is 21.7 Å². The van der Waals surface area contributed by atoms with Crippen LogP contribution in [0.2, 0.25) is 0 Å². The smallest absolute Gasteiger partial charge is 0.136 e. The van der Waals surface area contributed by atoms with Gasteiger partial charge in [0.1, 0.15) is 5.75 Å². The molecule has 0 bridgehead atoms. The van der Waals surface area contributed by atoms with Crippen LogP contribution in [0.15, 0.2) is 41.3 Å². The van der Waals surface area contributed by atoms with Crippen molar-refractivity contribution in [1.29, 1.82) is 4.78 Å². The highest BCUT2D eigenvalue weighted by molar-refractivity contribution is 7.91. The van der Waals surface area contributed by atoms with Crippen molar-refractivity contribution in [3.8, 4) is 5.75 Å². The minimum Gasteiger partial charge on any atom is -0.495 e. The molecule has 0 amide bonds. The summed E-state index contributed by atoms with van der Waals surface area (Å²) >= 11 is 0. The molecule has 2 rings (SSSR count). The van der Waals surface area contributed by atoms with Crippen LogP contribution in [-0.2, 0) is 9.73 Å². The van der Waals surface area contributed by atoms with E-state index in [4.69, 9.17) is 9.52 Å². The molecule has 1 atom stereocenters. The summed E-state index contributed by atoms with van der Waals surface area (Å²) in [5, 5.41) is 1.99. The number of rotatable bonds is 2. The molecule has 2 aromatic rings. The Balaban J connectivity index is 2.83. The number of benzene rings is 2. The first-order valence-electron chi connectivity index (χ1n) is 4.83. The Morgan fingerprint density at radius 1 is 1.19 bits per heavy atom. The predicted molar refractivity (Wildman–Crippen MR) is 65.6 cm³/mol. The number of fused-ring (bicyclic) bond motifs is 1. The van der Waals surface area contributed by atoms with Crippen molar-refractivity contribution >= 4 is 20.5 Å². The number of nitrogens with one attached hydrogen (secondary N) is 1. The average molecular weight is 235 g/mol. The van der Waals surface area contributed by atoms with Gasteiger partial charge in [-0.15, -0.1) is 0 Å². The van der Waals surface area contributed by atoms with E-state index in [1.54, 1.807) is 6.07 Å². The SMILES string of the molecule is COc1cc2ccccc2cc1S(C)(=N)=O. The van der Waals surface area contributed by atoms with Crippen LogP contribution in [0.5, 0.6) is 5.75 Å². The average Bonchev–Trinajstić information content (AvgIpc) is 2.26. The fourth-order valence-electron chi connectivity index (χ4n) is 1.66. The Morgan fingerprint density at radius 2 is 1.75 bits per heavy atom. The molecule has 1 N–H and O–H groups in total. The monoisotopic (exact) mass is 235 g/mol. The topological polar surface area (TPSA) is 50.1 Å². The summed E-state index contributed by atoms with van der Waals surface area (Å²) in [6.07, 6.45) is 1.40. The van der Waals surface area contributed by atoms with Gasteiger partial charge in [0.25, 0.3) is 0 Å².